The smallest absolute Gasteiger partial charge is 0.270 e. The lowest BCUT2D eigenvalue weighted by molar-refractivity contribution is 0.0993. The minimum atomic E-state index is -1.58. The number of nitrogens with one attached hydrogen (secondary N) is 3. The number of aromatic nitrogens is 1. The highest BCUT2D eigenvalue weighted by atomic mass is 79.9. The SMILES string of the molecule is COc1ccc(CNCCN[S+]([O-])c2c(C(N)=O)[nH]c3ccc(Br)cc23)cc1. The first-order valence-corrected chi connectivity index (χ1v) is 10.5. The van der Waals surface area contributed by atoms with Crippen molar-refractivity contribution in [3.8, 4) is 5.75 Å². The van der Waals surface area contributed by atoms with Gasteiger partial charge in [-0.25, -0.2) is 0 Å². The number of nitrogens with two attached hydrogens (primary N) is 1. The first-order valence-electron chi connectivity index (χ1n) is 8.59. The fourth-order valence-corrected chi connectivity index (χ4v) is 4.28. The molecule has 0 radical (unpaired) electrons. The van der Waals surface area contributed by atoms with Gasteiger partial charge < -0.3 is 25.3 Å². The van der Waals surface area contributed by atoms with Crippen LogP contribution in [0.2, 0.25) is 0 Å². The van der Waals surface area contributed by atoms with E-state index in [9.17, 15) is 9.35 Å². The van der Waals surface area contributed by atoms with Crippen molar-refractivity contribution in [1.29, 1.82) is 0 Å². The summed E-state index contributed by atoms with van der Waals surface area (Å²) in [6.45, 7) is 1.75. The first kappa shape index (κ1) is 20.7. The summed E-state index contributed by atoms with van der Waals surface area (Å²) in [6.07, 6.45) is 0. The second kappa shape index (κ2) is 9.44. The average Bonchev–Trinajstić information content (AvgIpc) is 3.07. The minimum Gasteiger partial charge on any atom is -0.593 e. The number of H-pyrrole nitrogens is 1. The van der Waals surface area contributed by atoms with Crippen LogP contribution in [0, 0.1) is 0 Å². The van der Waals surface area contributed by atoms with E-state index in [4.69, 9.17) is 10.5 Å². The Hall–Kier alpha value is -2.04. The third-order valence-electron chi connectivity index (χ3n) is 4.17. The van der Waals surface area contributed by atoms with Crippen molar-refractivity contribution < 1.29 is 14.1 Å². The van der Waals surface area contributed by atoms with Crippen molar-refractivity contribution in [2.45, 2.75) is 11.4 Å². The summed E-state index contributed by atoms with van der Waals surface area (Å²) >= 11 is 1.82. The largest absolute Gasteiger partial charge is 0.593 e. The highest BCUT2D eigenvalue weighted by Gasteiger charge is 2.26. The number of primary amides is 1. The number of ether oxygens (including phenoxy) is 1. The average molecular weight is 465 g/mol. The van der Waals surface area contributed by atoms with E-state index in [1.54, 1.807) is 7.11 Å². The maximum Gasteiger partial charge on any atom is 0.270 e. The predicted molar refractivity (Wildman–Crippen MR) is 114 cm³/mol. The van der Waals surface area contributed by atoms with Gasteiger partial charge in [0.2, 0.25) is 4.90 Å². The summed E-state index contributed by atoms with van der Waals surface area (Å²) in [6, 6.07) is 13.3. The van der Waals surface area contributed by atoms with Gasteiger partial charge in [0, 0.05) is 17.6 Å². The Labute approximate surface area is 174 Å². The third kappa shape index (κ3) is 4.86. The summed E-state index contributed by atoms with van der Waals surface area (Å²) in [7, 11) is 1.63. The number of hydrogen-bond donors (Lipinski definition) is 4. The molecule has 148 valence electrons. The summed E-state index contributed by atoms with van der Waals surface area (Å²) in [5, 5.41) is 3.97. The van der Waals surface area contributed by atoms with Crippen molar-refractivity contribution in [2.24, 2.45) is 5.73 Å². The Balaban J connectivity index is 1.58. The normalized spacial score (nSPS) is 12.2. The van der Waals surface area contributed by atoms with E-state index in [0.29, 0.717) is 35.4 Å². The van der Waals surface area contributed by atoms with Gasteiger partial charge in [0.1, 0.15) is 5.75 Å². The maximum absolute atomic E-state index is 12.8. The quantitative estimate of drug-likeness (QED) is 0.286. The van der Waals surface area contributed by atoms with Crippen LogP contribution < -0.4 is 20.5 Å². The maximum atomic E-state index is 12.8. The van der Waals surface area contributed by atoms with Crippen LogP contribution in [0.4, 0.5) is 0 Å². The summed E-state index contributed by atoms with van der Waals surface area (Å²) in [5.74, 6) is 0.173. The number of halogens is 1. The third-order valence-corrected chi connectivity index (χ3v) is 5.92. The van der Waals surface area contributed by atoms with Gasteiger partial charge in [-0.05, 0) is 35.9 Å². The van der Waals surface area contributed by atoms with Crippen LogP contribution >= 0.6 is 15.9 Å². The number of amides is 1. The number of benzene rings is 2. The molecule has 0 aliphatic rings. The van der Waals surface area contributed by atoms with Crippen molar-refractivity contribution in [3.05, 3.63) is 58.2 Å². The van der Waals surface area contributed by atoms with Crippen molar-refractivity contribution in [1.82, 2.24) is 15.0 Å². The van der Waals surface area contributed by atoms with Gasteiger partial charge in [0.25, 0.3) is 5.91 Å². The van der Waals surface area contributed by atoms with Crippen molar-refractivity contribution in [3.63, 3.8) is 0 Å². The molecule has 0 saturated heterocycles. The molecule has 1 heterocycles. The number of carbonyl (C=O) groups is 1. The summed E-state index contributed by atoms with van der Waals surface area (Å²) < 4.78 is 21.7. The van der Waals surface area contributed by atoms with Crippen LogP contribution in [0.15, 0.2) is 51.8 Å². The fourth-order valence-electron chi connectivity index (χ4n) is 2.79. The molecule has 1 unspecified atom stereocenters. The van der Waals surface area contributed by atoms with Crippen LogP contribution in [0.25, 0.3) is 10.9 Å². The van der Waals surface area contributed by atoms with Gasteiger partial charge in [-0.15, -0.1) is 4.72 Å². The van der Waals surface area contributed by atoms with E-state index in [1.807, 2.05) is 42.5 Å². The number of hydrogen-bond acceptors (Lipinski definition) is 5. The van der Waals surface area contributed by atoms with Gasteiger partial charge in [0.15, 0.2) is 5.69 Å². The lowest BCUT2D eigenvalue weighted by Crippen LogP contribution is -2.32. The molecule has 1 amide bonds. The van der Waals surface area contributed by atoms with Crippen LogP contribution in [0.5, 0.6) is 5.75 Å². The highest BCUT2D eigenvalue weighted by Crippen LogP contribution is 2.29. The topological polar surface area (TPSA) is 115 Å². The van der Waals surface area contributed by atoms with Gasteiger partial charge in [-0.1, -0.05) is 28.1 Å². The Morgan fingerprint density at radius 2 is 2.00 bits per heavy atom. The second-order valence-electron chi connectivity index (χ2n) is 6.07. The summed E-state index contributed by atoms with van der Waals surface area (Å²) in [4.78, 5) is 15.1. The number of aromatic amines is 1. The van der Waals surface area contributed by atoms with E-state index in [0.717, 1.165) is 15.8 Å². The lowest BCUT2D eigenvalue weighted by Gasteiger charge is -2.12. The van der Waals surface area contributed by atoms with Gasteiger partial charge in [-0.2, -0.15) is 0 Å². The molecule has 1 aromatic heterocycles. The second-order valence-corrected chi connectivity index (χ2v) is 8.22. The standard InChI is InChI=1S/C19H21BrN4O3S/c1-27-14-5-2-12(3-6-14)11-22-8-9-23-28(26)18-15-10-13(20)4-7-16(15)24-17(18)19(21)25/h2-7,10,22-24H,8-9,11H2,1H3,(H2,21,25). The van der Waals surface area contributed by atoms with Crippen LogP contribution in [-0.2, 0) is 17.9 Å². The Bertz CT molecular complexity index is 962. The zero-order valence-electron chi connectivity index (χ0n) is 15.3. The molecule has 5 N–H and O–H groups in total. The van der Waals surface area contributed by atoms with Crippen molar-refractivity contribution >= 4 is 44.1 Å². The molecular weight excluding hydrogens is 444 g/mol. The number of fused-ring (bicyclic) bond motifs is 1. The van der Waals surface area contributed by atoms with Crippen molar-refractivity contribution in [2.75, 3.05) is 20.2 Å². The Kier molecular flexibility index (Phi) is 6.97. The van der Waals surface area contributed by atoms with E-state index < -0.39 is 17.3 Å². The van der Waals surface area contributed by atoms with E-state index >= 15 is 0 Å². The number of carbonyl (C=O) groups excluding carboxylic acids is 1. The predicted octanol–water partition coefficient (Wildman–Crippen LogP) is 2.44. The molecule has 3 aromatic rings. The first-order chi connectivity index (χ1) is 13.5. The van der Waals surface area contributed by atoms with Gasteiger partial charge >= 0.3 is 0 Å². The molecular formula is C19H21BrN4O3S. The van der Waals surface area contributed by atoms with Gasteiger partial charge in [0.05, 0.1) is 35.9 Å². The van der Waals surface area contributed by atoms with E-state index in [2.05, 4.69) is 31.0 Å². The zero-order chi connectivity index (χ0) is 20.1. The zero-order valence-corrected chi connectivity index (χ0v) is 17.7. The number of rotatable bonds is 9. The van der Waals surface area contributed by atoms with Crippen LogP contribution in [0.3, 0.4) is 0 Å². The molecule has 2 aromatic carbocycles. The summed E-state index contributed by atoms with van der Waals surface area (Å²) in [5.41, 5.74) is 7.44. The molecule has 0 saturated carbocycles. The van der Waals surface area contributed by atoms with Gasteiger partial charge in [-0.3, -0.25) is 4.79 Å². The fraction of sp³-hybridized carbons (Fsp3) is 0.211. The molecule has 1 atom stereocenters. The van der Waals surface area contributed by atoms with E-state index in [1.165, 1.54) is 0 Å². The minimum absolute atomic E-state index is 0.158. The molecule has 28 heavy (non-hydrogen) atoms. The van der Waals surface area contributed by atoms with Crippen LogP contribution in [0.1, 0.15) is 16.1 Å². The molecule has 0 spiro atoms. The van der Waals surface area contributed by atoms with Crippen LogP contribution in [-0.4, -0.2) is 35.6 Å². The molecule has 0 aliphatic carbocycles. The number of methoxy groups -OCH3 is 1. The van der Waals surface area contributed by atoms with E-state index in [-0.39, 0.29) is 5.69 Å². The Morgan fingerprint density at radius 1 is 1.25 bits per heavy atom. The molecule has 3 rings (SSSR count). The lowest BCUT2D eigenvalue weighted by atomic mass is 10.2. The Morgan fingerprint density at radius 3 is 2.68 bits per heavy atom. The molecule has 0 bridgehead atoms. The molecule has 7 nitrogen and oxygen atoms in total. The molecule has 0 aliphatic heterocycles. The highest BCUT2D eigenvalue weighted by molar-refractivity contribution is 9.10. The molecule has 9 heteroatoms. The monoisotopic (exact) mass is 464 g/mol. The molecule has 0 fully saturated rings.